The third-order valence-electron chi connectivity index (χ3n) is 1.55. The van der Waals surface area contributed by atoms with E-state index in [4.69, 9.17) is 0 Å². The molecule has 0 aliphatic heterocycles. The summed E-state index contributed by atoms with van der Waals surface area (Å²) in [6.45, 7) is 5.64. The number of sulfone groups is 1. The van der Waals surface area contributed by atoms with Crippen molar-refractivity contribution in [1.82, 2.24) is 0 Å². The molecule has 1 aromatic rings. The summed E-state index contributed by atoms with van der Waals surface area (Å²) in [6.07, 6.45) is 0. The van der Waals surface area contributed by atoms with Gasteiger partial charge in [0, 0.05) is 0 Å². The van der Waals surface area contributed by atoms with E-state index in [9.17, 15) is 17.2 Å². The van der Waals surface area contributed by atoms with Crippen LogP contribution in [0, 0.1) is 6.92 Å². The fourth-order valence-corrected chi connectivity index (χ4v) is 1.72. The summed E-state index contributed by atoms with van der Waals surface area (Å²) < 4.78 is 46.0. The lowest BCUT2D eigenvalue weighted by atomic mass is 10.2. The average molecular weight is 236 g/mol. The lowest BCUT2D eigenvalue weighted by Crippen LogP contribution is -2.11. The van der Waals surface area contributed by atoms with Crippen LogP contribution in [0.3, 0.4) is 0 Å². The molecule has 2 nitrogen and oxygen atoms in total. The highest BCUT2D eigenvalue weighted by atomic mass is 32.2. The molecule has 0 spiro atoms. The van der Waals surface area contributed by atoms with Crippen LogP contribution in [0.1, 0.15) is 19.4 Å². The third kappa shape index (κ3) is 3.58. The zero-order chi connectivity index (χ0) is 12.1. The lowest BCUT2D eigenvalue weighted by Gasteiger charge is -2.02. The van der Waals surface area contributed by atoms with Gasteiger partial charge in [-0.25, -0.2) is 8.42 Å². The molecular weight excluding hydrogens is 222 g/mol. The van der Waals surface area contributed by atoms with Crippen LogP contribution in [0.15, 0.2) is 29.2 Å². The summed E-state index contributed by atoms with van der Waals surface area (Å²) in [5, 5.41) is 0. The fourth-order valence-electron chi connectivity index (χ4n) is 0.895. The molecule has 0 N–H and O–H groups in total. The molecule has 0 unspecified atom stereocenters. The van der Waals surface area contributed by atoms with Crippen LogP contribution >= 0.6 is 0 Å². The Morgan fingerprint density at radius 2 is 1.73 bits per heavy atom. The quantitative estimate of drug-likeness (QED) is 0.791. The summed E-state index contributed by atoms with van der Waals surface area (Å²) in [4.78, 5) is -0.331. The van der Waals surface area contributed by atoms with E-state index < -0.39 is 15.6 Å². The number of aryl methyl sites for hydroxylation is 1. The van der Waals surface area contributed by atoms with Gasteiger partial charge < -0.3 is 0 Å². The number of benzene rings is 1. The molecule has 0 atom stereocenters. The predicted octanol–water partition coefficient (Wildman–Crippen LogP) is 3.02. The molecule has 5 heteroatoms. The summed E-state index contributed by atoms with van der Waals surface area (Å²) in [5.74, 6) is -3.35. The van der Waals surface area contributed by atoms with Crippen LogP contribution in [-0.4, -0.2) is 14.2 Å². The molecular formula is C10H14F2O2S. The van der Waals surface area contributed by atoms with Crippen molar-refractivity contribution in [2.45, 2.75) is 31.4 Å². The van der Waals surface area contributed by atoms with Gasteiger partial charge in [-0.3, -0.25) is 0 Å². The van der Waals surface area contributed by atoms with Crippen molar-refractivity contribution >= 4 is 9.84 Å². The Morgan fingerprint density at radius 1 is 1.20 bits per heavy atom. The Balaban J connectivity index is 0.000000921. The highest BCUT2D eigenvalue weighted by Gasteiger charge is 2.26. The first-order chi connectivity index (χ1) is 6.94. The molecule has 86 valence electrons. The Kier molecular flexibility index (Phi) is 5.43. The number of hydrogen-bond acceptors (Lipinski definition) is 2. The van der Waals surface area contributed by atoms with E-state index in [1.807, 2.05) is 13.8 Å². The summed E-state index contributed by atoms with van der Waals surface area (Å²) in [7, 11) is -4.43. The maximum absolute atomic E-state index is 12.0. The van der Waals surface area contributed by atoms with Gasteiger partial charge in [-0.15, -0.1) is 0 Å². The van der Waals surface area contributed by atoms with E-state index in [2.05, 4.69) is 0 Å². The Morgan fingerprint density at radius 3 is 2.13 bits per heavy atom. The first kappa shape index (κ1) is 14.0. The van der Waals surface area contributed by atoms with E-state index in [1.54, 1.807) is 13.0 Å². The molecule has 0 aliphatic rings. The van der Waals surface area contributed by atoms with Crippen molar-refractivity contribution in [2.24, 2.45) is 0 Å². The summed E-state index contributed by atoms with van der Waals surface area (Å²) >= 11 is 0. The number of alkyl halides is 2. The third-order valence-corrected chi connectivity index (χ3v) is 2.93. The van der Waals surface area contributed by atoms with Crippen molar-refractivity contribution in [3.63, 3.8) is 0 Å². The van der Waals surface area contributed by atoms with Gasteiger partial charge in [0.25, 0.3) is 0 Å². The zero-order valence-electron chi connectivity index (χ0n) is 8.87. The lowest BCUT2D eigenvalue weighted by molar-refractivity contribution is 0.234. The van der Waals surface area contributed by atoms with Gasteiger partial charge in [-0.2, -0.15) is 8.78 Å². The Labute approximate surface area is 88.9 Å². The second-order valence-corrected chi connectivity index (χ2v) is 4.54. The van der Waals surface area contributed by atoms with Crippen LogP contribution in [0.2, 0.25) is 0 Å². The minimum absolute atomic E-state index is 0.331. The molecule has 0 heterocycles. The van der Waals surface area contributed by atoms with Crippen LogP contribution < -0.4 is 0 Å². The highest BCUT2D eigenvalue weighted by Crippen LogP contribution is 2.18. The smallest absolute Gasteiger partial charge is 0.218 e. The van der Waals surface area contributed by atoms with Gasteiger partial charge in [0.1, 0.15) is 0 Å². The van der Waals surface area contributed by atoms with Gasteiger partial charge in [0.15, 0.2) is 0 Å². The first-order valence-electron chi connectivity index (χ1n) is 4.53. The van der Waals surface area contributed by atoms with Crippen LogP contribution in [0.5, 0.6) is 0 Å². The largest absolute Gasteiger partial charge is 0.341 e. The maximum atomic E-state index is 12.0. The first-order valence-corrected chi connectivity index (χ1v) is 6.08. The fraction of sp³-hybridized carbons (Fsp3) is 0.400. The van der Waals surface area contributed by atoms with Crippen molar-refractivity contribution < 1.29 is 17.2 Å². The predicted molar refractivity (Wildman–Crippen MR) is 55.7 cm³/mol. The number of hydrogen-bond donors (Lipinski definition) is 0. The second-order valence-electron chi connectivity index (χ2n) is 2.62. The standard InChI is InChI=1S/C8H8F2O2S.C2H6/c1-6-3-2-4-7(5-6)13(11,12)8(9)10;1-2/h2-5,8H,1H3;1-2H3. The van der Waals surface area contributed by atoms with Gasteiger partial charge in [0.2, 0.25) is 9.84 Å². The van der Waals surface area contributed by atoms with Crippen molar-refractivity contribution in [3.05, 3.63) is 29.8 Å². The van der Waals surface area contributed by atoms with Crippen LogP contribution in [0.25, 0.3) is 0 Å². The molecule has 0 aliphatic carbocycles. The molecule has 1 rings (SSSR count). The number of halogens is 2. The van der Waals surface area contributed by atoms with Crippen LogP contribution in [0.4, 0.5) is 8.78 Å². The Hall–Kier alpha value is -0.970. The van der Waals surface area contributed by atoms with E-state index in [-0.39, 0.29) is 4.90 Å². The minimum Gasteiger partial charge on any atom is -0.218 e. The summed E-state index contributed by atoms with van der Waals surface area (Å²) in [6, 6.07) is 5.46. The zero-order valence-corrected chi connectivity index (χ0v) is 9.68. The second kappa shape index (κ2) is 5.80. The highest BCUT2D eigenvalue weighted by molar-refractivity contribution is 7.91. The molecule has 0 fully saturated rings. The van der Waals surface area contributed by atoms with E-state index in [0.29, 0.717) is 5.56 Å². The van der Waals surface area contributed by atoms with Gasteiger partial charge in [0.05, 0.1) is 4.90 Å². The molecule has 0 amide bonds. The molecule has 0 saturated carbocycles. The van der Waals surface area contributed by atoms with E-state index >= 15 is 0 Å². The molecule has 0 aromatic heterocycles. The van der Waals surface area contributed by atoms with Gasteiger partial charge in [-0.05, 0) is 24.6 Å². The molecule has 15 heavy (non-hydrogen) atoms. The molecule has 0 radical (unpaired) electrons. The SMILES string of the molecule is CC.Cc1cccc(S(=O)(=O)C(F)F)c1. The average Bonchev–Trinajstić information content (AvgIpc) is 2.20. The van der Waals surface area contributed by atoms with Crippen molar-refractivity contribution in [2.75, 3.05) is 0 Å². The molecule has 0 saturated heterocycles. The van der Waals surface area contributed by atoms with Crippen molar-refractivity contribution in [1.29, 1.82) is 0 Å². The van der Waals surface area contributed by atoms with Gasteiger partial charge >= 0.3 is 5.76 Å². The van der Waals surface area contributed by atoms with E-state index in [1.165, 1.54) is 12.1 Å². The normalized spacial score (nSPS) is 10.8. The number of rotatable bonds is 2. The maximum Gasteiger partial charge on any atom is 0.341 e. The van der Waals surface area contributed by atoms with Crippen molar-refractivity contribution in [3.8, 4) is 0 Å². The summed E-state index contributed by atoms with van der Waals surface area (Å²) in [5.41, 5.74) is 0.640. The van der Waals surface area contributed by atoms with Crippen LogP contribution in [-0.2, 0) is 9.84 Å². The minimum atomic E-state index is -4.43. The topological polar surface area (TPSA) is 34.1 Å². The van der Waals surface area contributed by atoms with E-state index in [0.717, 1.165) is 6.07 Å². The molecule has 1 aromatic carbocycles. The van der Waals surface area contributed by atoms with Gasteiger partial charge in [-0.1, -0.05) is 26.0 Å². The molecule has 0 bridgehead atoms. The monoisotopic (exact) mass is 236 g/mol. The Bertz CT molecular complexity index is 400.